The molecule has 0 aliphatic rings. The molecule has 0 amide bonds. The largest absolute Gasteiger partial charge is 0.462 e. The quantitative estimate of drug-likeness (QED) is 0.184. The van der Waals surface area contributed by atoms with E-state index in [-0.39, 0.29) is 61.9 Å². The average Bonchev–Trinajstić information content (AvgIpc) is 2.93. The summed E-state index contributed by atoms with van der Waals surface area (Å²) in [4.78, 5) is 48.5. The highest BCUT2D eigenvalue weighted by molar-refractivity contribution is 5.93. The Kier molecular flexibility index (Phi) is 12.9. The predicted octanol–water partition coefficient (Wildman–Crippen LogP) is 3.02. The van der Waals surface area contributed by atoms with Crippen molar-refractivity contribution in [1.29, 1.82) is 0 Å². The van der Waals surface area contributed by atoms with Gasteiger partial charge in [0.15, 0.2) is 0 Å². The molecule has 0 aromatic heterocycles. The number of aliphatic hydroxyl groups is 2. The topological polar surface area (TPSA) is 146 Å². The van der Waals surface area contributed by atoms with Gasteiger partial charge in [-0.05, 0) is 51.0 Å². The van der Waals surface area contributed by atoms with Gasteiger partial charge in [-0.1, -0.05) is 27.0 Å². The molecule has 0 fully saturated rings. The van der Waals surface area contributed by atoms with Crippen LogP contribution in [0.2, 0.25) is 0 Å². The molecule has 0 saturated heterocycles. The summed E-state index contributed by atoms with van der Waals surface area (Å²) in [7, 11) is 0. The van der Waals surface area contributed by atoms with Crippen LogP contribution >= 0.6 is 0 Å². The molecule has 0 radical (unpaired) electrons. The molecule has 0 heterocycles. The molecule has 0 spiro atoms. The average molecular weight is 535 g/mol. The Bertz CT molecular complexity index is 920. The van der Waals surface area contributed by atoms with Crippen molar-refractivity contribution in [3.63, 3.8) is 0 Å². The number of ether oxygens (including phenoxy) is 4. The maximum absolute atomic E-state index is 12.5. The first-order chi connectivity index (χ1) is 17.9. The van der Waals surface area contributed by atoms with Gasteiger partial charge in [0.2, 0.25) is 0 Å². The van der Waals surface area contributed by atoms with Crippen molar-refractivity contribution in [2.24, 2.45) is 10.8 Å². The number of aliphatic hydroxyl groups excluding tert-OH is 2. The molecule has 1 rings (SSSR count). The van der Waals surface area contributed by atoms with E-state index in [1.165, 1.54) is 38.1 Å². The number of hydrogen-bond acceptors (Lipinski definition) is 10. The summed E-state index contributed by atoms with van der Waals surface area (Å²) < 4.78 is 21.0. The van der Waals surface area contributed by atoms with Crippen molar-refractivity contribution in [1.82, 2.24) is 0 Å². The molecule has 1 aromatic rings. The highest BCUT2D eigenvalue weighted by Crippen LogP contribution is 2.25. The minimum Gasteiger partial charge on any atom is -0.462 e. The predicted molar refractivity (Wildman–Crippen MR) is 138 cm³/mol. The number of benzene rings is 1. The van der Waals surface area contributed by atoms with E-state index < -0.39 is 34.7 Å². The van der Waals surface area contributed by atoms with E-state index in [9.17, 15) is 29.4 Å². The van der Waals surface area contributed by atoms with Crippen molar-refractivity contribution >= 4 is 23.9 Å². The Balaban J connectivity index is 2.77. The first kappa shape index (κ1) is 32.5. The zero-order valence-electron chi connectivity index (χ0n) is 22.5. The second-order valence-electron chi connectivity index (χ2n) is 9.47. The fourth-order valence-electron chi connectivity index (χ4n) is 2.93. The summed E-state index contributed by atoms with van der Waals surface area (Å²) in [6.45, 7) is 12.1. The van der Waals surface area contributed by atoms with Gasteiger partial charge in [0.05, 0.1) is 35.2 Å². The van der Waals surface area contributed by atoms with Crippen LogP contribution in [0, 0.1) is 10.8 Å². The summed E-state index contributed by atoms with van der Waals surface area (Å²) in [5, 5.41) is 19.7. The summed E-state index contributed by atoms with van der Waals surface area (Å²) in [6.07, 6.45) is 0.759. The molecule has 0 saturated carbocycles. The summed E-state index contributed by atoms with van der Waals surface area (Å²) >= 11 is 0. The van der Waals surface area contributed by atoms with Gasteiger partial charge in [0.25, 0.3) is 0 Å². The van der Waals surface area contributed by atoms with Gasteiger partial charge >= 0.3 is 23.9 Å². The van der Waals surface area contributed by atoms with Crippen LogP contribution in [0.5, 0.6) is 0 Å². The van der Waals surface area contributed by atoms with Crippen LogP contribution in [0.15, 0.2) is 48.6 Å². The third kappa shape index (κ3) is 9.42. The van der Waals surface area contributed by atoms with E-state index in [1.807, 2.05) is 0 Å². The van der Waals surface area contributed by atoms with Gasteiger partial charge in [-0.15, -0.1) is 0 Å². The fraction of sp³-hybridized carbons (Fsp3) is 0.500. The van der Waals surface area contributed by atoms with Crippen LogP contribution in [-0.4, -0.2) is 73.7 Å². The number of hydrogen-bond donors (Lipinski definition) is 2. The monoisotopic (exact) mass is 534 g/mol. The van der Waals surface area contributed by atoms with E-state index in [1.54, 1.807) is 13.8 Å². The van der Waals surface area contributed by atoms with Crippen molar-refractivity contribution < 1.29 is 48.3 Å². The summed E-state index contributed by atoms with van der Waals surface area (Å²) in [5.74, 6) is -2.58. The lowest BCUT2D eigenvalue weighted by Crippen LogP contribution is -2.37. The molecule has 2 N–H and O–H groups in total. The van der Waals surface area contributed by atoms with Gasteiger partial charge in [-0.2, -0.15) is 0 Å². The highest BCUT2D eigenvalue weighted by atomic mass is 16.6. The second kappa shape index (κ2) is 15.0. The van der Waals surface area contributed by atoms with E-state index in [2.05, 4.69) is 13.2 Å². The Morgan fingerprint density at radius 3 is 1.18 bits per heavy atom. The Morgan fingerprint density at radius 2 is 0.947 bits per heavy atom. The van der Waals surface area contributed by atoms with Crippen LogP contribution in [0.4, 0.5) is 0 Å². The molecule has 210 valence electrons. The number of carbonyl (C=O) groups excluding carboxylic acids is 4. The smallest absolute Gasteiger partial charge is 0.338 e. The van der Waals surface area contributed by atoms with Crippen molar-refractivity contribution in [3.8, 4) is 0 Å². The molecule has 2 unspecified atom stereocenters. The minimum atomic E-state index is -0.971. The zero-order chi connectivity index (χ0) is 28.9. The Hall–Kier alpha value is -3.50. The van der Waals surface area contributed by atoms with Crippen molar-refractivity contribution in [2.45, 2.75) is 40.5 Å². The van der Waals surface area contributed by atoms with Gasteiger partial charge < -0.3 is 29.2 Å². The Morgan fingerprint density at radius 1 is 0.658 bits per heavy atom. The zero-order valence-corrected chi connectivity index (χ0v) is 22.5. The minimum absolute atomic E-state index is 0.150. The maximum Gasteiger partial charge on any atom is 0.338 e. The molecule has 10 heteroatoms. The lowest BCUT2D eigenvalue weighted by atomic mass is 9.88. The molecule has 1 aromatic carbocycles. The number of carbonyl (C=O) groups is 4. The van der Waals surface area contributed by atoms with Crippen LogP contribution in [0.25, 0.3) is 0 Å². The molecular formula is C28H38O10. The number of rotatable bonds is 16. The maximum atomic E-state index is 12.5. The highest BCUT2D eigenvalue weighted by Gasteiger charge is 2.33. The lowest BCUT2D eigenvalue weighted by Gasteiger charge is -2.29. The molecular weight excluding hydrogens is 496 g/mol. The lowest BCUT2D eigenvalue weighted by molar-refractivity contribution is -0.146. The van der Waals surface area contributed by atoms with Crippen LogP contribution < -0.4 is 0 Å². The summed E-state index contributed by atoms with van der Waals surface area (Å²) in [6, 6.07) is 5.56. The van der Waals surface area contributed by atoms with E-state index in [0.717, 1.165) is 0 Å². The SMILES string of the molecule is C=C(C)C(=O)OCC(CC)(CO)COC(=O)c1ccc(C(=O)OCC(CC)(CO)COC(=O)C(=C)C)cc1. The molecule has 2 atom stereocenters. The van der Waals surface area contributed by atoms with Gasteiger partial charge in [0.1, 0.15) is 26.4 Å². The normalized spacial score (nSPS) is 13.8. The molecule has 0 aliphatic heterocycles. The van der Waals surface area contributed by atoms with E-state index in [4.69, 9.17) is 18.9 Å². The molecule has 38 heavy (non-hydrogen) atoms. The van der Waals surface area contributed by atoms with Crippen molar-refractivity contribution in [3.05, 3.63) is 59.7 Å². The molecule has 0 bridgehead atoms. The first-order valence-electron chi connectivity index (χ1n) is 12.2. The third-order valence-corrected chi connectivity index (χ3v) is 6.26. The standard InChI is InChI=1S/C28H38O10/c1-7-27(13-29,15-35-23(31)19(3)4)17-37-25(33)21-9-11-22(12-10-21)26(34)38-18-28(8-2,14-30)16-36-24(32)20(5)6/h9-12,29-30H,3,5,7-8,13-18H2,1-2,4,6H3. The van der Waals surface area contributed by atoms with Gasteiger partial charge in [-0.3, -0.25) is 0 Å². The molecule has 0 aliphatic carbocycles. The fourth-order valence-corrected chi connectivity index (χ4v) is 2.93. The molecule has 10 nitrogen and oxygen atoms in total. The summed E-state index contributed by atoms with van der Waals surface area (Å²) in [5.41, 5.74) is -1.19. The van der Waals surface area contributed by atoms with E-state index in [0.29, 0.717) is 12.8 Å². The van der Waals surface area contributed by atoms with Crippen LogP contribution in [-0.2, 0) is 28.5 Å². The van der Waals surface area contributed by atoms with Crippen molar-refractivity contribution in [2.75, 3.05) is 39.6 Å². The first-order valence-corrected chi connectivity index (χ1v) is 12.2. The van der Waals surface area contributed by atoms with Gasteiger partial charge in [0, 0.05) is 11.1 Å². The second-order valence-corrected chi connectivity index (χ2v) is 9.47. The van der Waals surface area contributed by atoms with Gasteiger partial charge in [-0.25, -0.2) is 19.2 Å². The van der Waals surface area contributed by atoms with E-state index >= 15 is 0 Å². The van der Waals surface area contributed by atoms with Crippen LogP contribution in [0.3, 0.4) is 0 Å². The van der Waals surface area contributed by atoms with Crippen LogP contribution in [0.1, 0.15) is 61.3 Å². The Labute approximate surface area is 223 Å². The third-order valence-electron chi connectivity index (χ3n) is 6.26. The number of esters is 4.